The van der Waals surface area contributed by atoms with Crippen molar-refractivity contribution in [1.82, 2.24) is 10.2 Å². The number of ether oxygens (including phenoxy) is 3. The van der Waals surface area contributed by atoms with E-state index in [1.807, 2.05) is 38.1 Å². The molecule has 2 fully saturated rings. The second kappa shape index (κ2) is 8.82. The molecule has 8 nitrogen and oxygen atoms in total. The van der Waals surface area contributed by atoms with Gasteiger partial charge in [0.25, 0.3) is 5.91 Å². The molecular formula is C22H26N2O6S. The normalized spacial score (nSPS) is 28.2. The smallest absolute Gasteiger partial charge is 0.330 e. The number of esters is 1. The lowest BCUT2D eigenvalue weighted by Crippen LogP contribution is -2.71. The summed E-state index contributed by atoms with van der Waals surface area (Å²) < 4.78 is 15.8. The van der Waals surface area contributed by atoms with Gasteiger partial charge in [0.05, 0.1) is 6.26 Å². The number of rotatable bonds is 7. The van der Waals surface area contributed by atoms with Crippen LogP contribution in [0, 0.1) is 0 Å². The highest BCUT2D eigenvalue weighted by atomic mass is 32.2. The van der Waals surface area contributed by atoms with Gasteiger partial charge in [-0.25, -0.2) is 4.79 Å². The highest BCUT2D eigenvalue weighted by Crippen LogP contribution is 2.51. The average Bonchev–Trinajstić information content (AvgIpc) is 3.03. The Bertz CT molecular complexity index is 874. The second-order valence-corrected chi connectivity index (χ2v) is 10.0. The third-order valence-corrected chi connectivity index (χ3v) is 7.10. The van der Waals surface area contributed by atoms with E-state index in [2.05, 4.69) is 5.32 Å². The number of β-lactam (4-membered cyclic amide) rings is 1. The molecule has 0 bridgehead atoms. The van der Waals surface area contributed by atoms with Crippen molar-refractivity contribution in [3.05, 3.63) is 42.7 Å². The highest BCUT2D eigenvalue weighted by Gasteiger charge is 2.64. The van der Waals surface area contributed by atoms with E-state index >= 15 is 0 Å². The number of carbonyl (C=O) groups is 3. The Morgan fingerprint density at radius 3 is 2.77 bits per heavy atom. The summed E-state index contributed by atoms with van der Waals surface area (Å²) in [6, 6.07) is 7.60. The third-order valence-electron chi connectivity index (χ3n) is 5.53. The number of para-hydroxylation sites is 1. The zero-order chi connectivity index (χ0) is 22.0. The monoisotopic (exact) mass is 446 g/mol. The molecule has 3 aliphatic heterocycles. The Balaban J connectivity index is 1.32. The molecule has 2 saturated heterocycles. The van der Waals surface area contributed by atoms with Crippen LogP contribution in [0.2, 0.25) is 0 Å². The number of nitrogens with zero attached hydrogens (tertiary/aromatic N) is 1. The minimum atomic E-state index is -0.706. The van der Waals surface area contributed by atoms with E-state index in [-0.39, 0.29) is 36.5 Å². The number of nitrogens with one attached hydrogen (secondary N) is 1. The molecule has 4 atom stereocenters. The van der Waals surface area contributed by atoms with Crippen LogP contribution in [0.25, 0.3) is 0 Å². The predicted molar refractivity (Wildman–Crippen MR) is 114 cm³/mol. The second-order valence-electron chi connectivity index (χ2n) is 8.24. The minimum Gasteiger partial charge on any atom is -0.495 e. The van der Waals surface area contributed by atoms with E-state index in [0.717, 1.165) is 12.8 Å². The first-order valence-electron chi connectivity index (χ1n) is 10.3. The molecule has 31 heavy (non-hydrogen) atoms. The Morgan fingerprint density at radius 2 is 2.06 bits per heavy atom. The molecule has 0 aromatic heterocycles. The van der Waals surface area contributed by atoms with Crippen LogP contribution >= 0.6 is 11.8 Å². The van der Waals surface area contributed by atoms with Gasteiger partial charge in [-0.05, 0) is 44.9 Å². The minimum absolute atomic E-state index is 0.157. The fraction of sp³-hybridized carbons (Fsp3) is 0.500. The Morgan fingerprint density at radius 1 is 1.29 bits per heavy atom. The molecule has 2 amide bonds. The predicted octanol–water partition coefficient (Wildman–Crippen LogP) is 1.85. The van der Waals surface area contributed by atoms with Crippen molar-refractivity contribution >= 4 is 29.5 Å². The maximum atomic E-state index is 12.8. The zero-order valence-corrected chi connectivity index (χ0v) is 18.3. The van der Waals surface area contributed by atoms with Crippen LogP contribution < -0.4 is 10.1 Å². The van der Waals surface area contributed by atoms with Crippen LogP contribution in [-0.4, -0.2) is 64.2 Å². The molecule has 3 heterocycles. The number of hydrogen-bond acceptors (Lipinski definition) is 7. The Kier molecular flexibility index (Phi) is 6.13. The van der Waals surface area contributed by atoms with Gasteiger partial charge in [-0.15, -0.1) is 11.8 Å². The molecule has 3 aliphatic rings. The lowest BCUT2D eigenvalue weighted by molar-refractivity contribution is -0.166. The maximum absolute atomic E-state index is 12.8. The largest absolute Gasteiger partial charge is 0.495 e. The molecule has 0 saturated carbocycles. The summed E-state index contributed by atoms with van der Waals surface area (Å²) in [6.45, 7) is 3.79. The SMILES string of the molecule is CC1(C)SC2C(NC(=O)COc3ccccc3)C(=O)N2C1C(=O)OCC1CCC=CO1. The molecule has 9 heteroatoms. The molecule has 1 aromatic rings. The number of hydrogen-bond donors (Lipinski definition) is 1. The van der Waals surface area contributed by atoms with Crippen molar-refractivity contribution in [3.63, 3.8) is 0 Å². The van der Waals surface area contributed by atoms with E-state index in [1.165, 1.54) is 16.7 Å². The fourth-order valence-electron chi connectivity index (χ4n) is 3.97. The number of thioether (sulfide) groups is 1. The summed E-state index contributed by atoms with van der Waals surface area (Å²) in [5.41, 5.74) is 0. The quantitative estimate of drug-likeness (QED) is 0.505. The number of fused-ring (bicyclic) bond motifs is 1. The first kappa shape index (κ1) is 21.5. The van der Waals surface area contributed by atoms with Crippen molar-refractivity contribution in [1.29, 1.82) is 0 Å². The van der Waals surface area contributed by atoms with Gasteiger partial charge in [0.1, 0.15) is 35.9 Å². The fourth-order valence-corrected chi connectivity index (χ4v) is 5.59. The van der Waals surface area contributed by atoms with Gasteiger partial charge in [0, 0.05) is 4.75 Å². The number of amides is 2. The molecule has 0 aliphatic carbocycles. The molecular weight excluding hydrogens is 420 g/mol. The van der Waals surface area contributed by atoms with Crippen molar-refractivity contribution < 1.29 is 28.6 Å². The van der Waals surface area contributed by atoms with Crippen LogP contribution in [-0.2, 0) is 23.9 Å². The first-order chi connectivity index (χ1) is 14.9. The van der Waals surface area contributed by atoms with Gasteiger partial charge in [-0.2, -0.15) is 0 Å². The Hall–Kier alpha value is -2.68. The maximum Gasteiger partial charge on any atom is 0.330 e. The van der Waals surface area contributed by atoms with Gasteiger partial charge in [0.2, 0.25) is 5.91 Å². The number of allylic oxidation sites excluding steroid dienone is 1. The lowest BCUT2D eigenvalue weighted by Gasteiger charge is -2.43. The van der Waals surface area contributed by atoms with Crippen LogP contribution in [0.4, 0.5) is 0 Å². The zero-order valence-electron chi connectivity index (χ0n) is 17.5. The molecule has 1 N–H and O–H groups in total. The molecule has 4 rings (SSSR count). The summed E-state index contributed by atoms with van der Waals surface area (Å²) in [5.74, 6) is -0.525. The summed E-state index contributed by atoms with van der Waals surface area (Å²) in [7, 11) is 0. The van der Waals surface area contributed by atoms with Crippen LogP contribution in [0.15, 0.2) is 42.7 Å². The van der Waals surface area contributed by atoms with Crippen molar-refractivity contribution in [2.45, 2.75) is 55.0 Å². The average molecular weight is 447 g/mol. The lowest BCUT2D eigenvalue weighted by atomic mass is 9.96. The van der Waals surface area contributed by atoms with Crippen molar-refractivity contribution in [2.75, 3.05) is 13.2 Å². The molecule has 0 spiro atoms. The van der Waals surface area contributed by atoms with Gasteiger partial charge in [-0.1, -0.05) is 18.2 Å². The summed E-state index contributed by atoms with van der Waals surface area (Å²) in [6.07, 6.45) is 5.07. The topological polar surface area (TPSA) is 94.2 Å². The summed E-state index contributed by atoms with van der Waals surface area (Å²) >= 11 is 1.49. The summed E-state index contributed by atoms with van der Waals surface area (Å²) in [5, 5.41) is 2.42. The van der Waals surface area contributed by atoms with Crippen LogP contribution in [0.3, 0.4) is 0 Å². The Labute approximate surface area is 185 Å². The first-order valence-corrected chi connectivity index (χ1v) is 11.2. The standard InChI is InChI=1S/C22H26N2O6S/c1-22(2)18(21(27)30-12-15-10-6-7-11-28-15)24-19(26)17(20(24)31-22)23-16(25)13-29-14-8-4-3-5-9-14/h3-5,7-9,11,15,17-18,20H,6,10,12-13H2,1-2H3,(H,23,25). The van der Waals surface area contributed by atoms with E-state index in [9.17, 15) is 14.4 Å². The van der Waals surface area contributed by atoms with E-state index < -0.39 is 22.8 Å². The molecule has 1 aromatic carbocycles. The van der Waals surface area contributed by atoms with Gasteiger partial charge in [-0.3, -0.25) is 9.59 Å². The molecule has 166 valence electrons. The van der Waals surface area contributed by atoms with Gasteiger partial charge in [0.15, 0.2) is 6.61 Å². The van der Waals surface area contributed by atoms with Crippen molar-refractivity contribution in [3.8, 4) is 5.75 Å². The van der Waals surface area contributed by atoms with E-state index in [0.29, 0.717) is 5.75 Å². The highest BCUT2D eigenvalue weighted by molar-refractivity contribution is 8.01. The molecule has 4 unspecified atom stereocenters. The van der Waals surface area contributed by atoms with Gasteiger partial charge < -0.3 is 24.4 Å². The van der Waals surface area contributed by atoms with Gasteiger partial charge >= 0.3 is 5.97 Å². The number of benzene rings is 1. The van der Waals surface area contributed by atoms with Crippen molar-refractivity contribution in [2.24, 2.45) is 0 Å². The van der Waals surface area contributed by atoms with E-state index in [4.69, 9.17) is 14.2 Å². The number of carbonyl (C=O) groups excluding carboxylic acids is 3. The van der Waals surface area contributed by atoms with Crippen LogP contribution in [0.5, 0.6) is 5.75 Å². The van der Waals surface area contributed by atoms with Crippen LogP contribution in [0.1, 0.15) is 26.7 Å². The molecule has 0 radical (unpaired) electrons. The summed E-state index contributed by atoms with van der Waals surface area (Å²) in [4.78, 5) is 39.4. The van der Waals surface area contributed by atoms with E-state index in [1.54, 1.807) is 18.4 Å². The third kappa shape index (κ3) is 4.51.